The Bertz CT molecular complexity index is 3020. The van der Waals surface area contributed by atoms with Gasteiger partial charge in [0.2, 0.25) is 0 Å². The number of rotatable bonds is 7. The molecule has 278 valence electrons. The van der Waals surface area contributed by atoms with Crippen LogP contribution in [0.1, 0.15) is 23.6 Å². The second-order valence-corrected chi connectivity index (χ2v) is 15.9. The molecule has 1 aliphatic rings. The summed E-state index contributed by atoms with van der Waals surface area (Å²) in [5, 5.41) is 5.01. The van der Waals surface area contributed by atoms with Crippen LogP contribution in [0, 0.1) is 0 Å². The Labute approximate surface area is 346 Å². The van der Waals surface area contributed by atoms with Gasteiger partial charge < -0.3 is 4.90 Å². The molecule has 1 aliphatic carbocycles. The van der Waals surface area contributed by atoms with Crippen LogP contribution in [0.2, 0.25) is 0 Å². The second-order valence-electron chi connectivity index (χ2n) is 15.9. The molecular weight excluding hydrogens is 711 g/mol. The van der Waals surface area contributed by atoms with Gasteiger partial charge in [0.15, 0.2) is 0 Å². The minimum absolute atomic E-state index is 0.238. The zero-order valence-electron chi connectivity index (χ0n) is 32.9. The van der Waals surface area contributed by atoms with Gasteiger partial charge in [-0.3, -0.25) is 0 Å². The summed E-state index contributed by atoms with van der Waals surface area (Å²) in [4.78, 5) is 2.37. The van der Waals surface area contributed by atoms with Crippen LogP contribution in [0.15, 0.2) is 231 Å². The Morgan fingerprint density at radius 2 is 0.729 bits per heavy atom. The molecule has 0 amide bonds. The van der Waals surface area contributed by atoms with Gasteiger partial charge in [0.05, 0.1) is 0 Å². The summed E-state index contributed by atoms with van der Waals surface area (Å²) in [5.41, 5.74) is 17.0. The minimum atomic E-state index is -0.238. The third-order valence-electron chi connectivity index (χ3n) is 12.5. The van der Waals surface area contributed by atoms with Gasteiger partial charge in [-0.2, -0.15) is 0 Å². The van der Waals surface area contributed by atoms with Crippen LogP contribution < -0.4 is 4.90 Å². The number of benzene rings is 10. The van der Waals surface area contributed by atoms with E-state index in [2.05, 4.69) is 242 Å². The van der Waals surface area contributed by atoms with Crippen LogP contribution in [0.5, 0.6) is 0 Å². The van der Waals surface area contributed by atoms with E-state index in [4.69, 9.17) is 0 Å². The highest BCUT2D eigenvalue weighted by Crippen LogP contribution is 2.55. The molecule has 0 N–H and O–H groups in total. The molecule has 1 heteroatoms. The van der Waals surface area contributed by atoms with E-state index in [1.165, 1.54) is 82.7 Å². The van der Waals surface area contributed by atoms with Crippen LogP contribution in [0.25, 0.3) is 66.1 Å². The van der Waals surface area contributed by atoms with Crippen molar-refractivity contribution in [2.24, 2.45) is 0 Å². The summed E-state index contributed by atoms with van der Waals surface area (Å²) in [7, 11) is 0. The highest BCUT2D eigenvalue weighted by atomic mass is 15.1. The van der Waals surface area contributed by atoms with E-state index in [9.17, 15) is 0 Å². The summed E-state index contributed by atoms with van der Waals surface area (Å²) in [5.74, 6) is 0. The fourth-order valence-electron chi connectivity index (χ4n) is 9.45. The molecule has 1 nitrogen and oxygen atoms in total. The number of hydrogen-bond donors (Lipinski definition) is 0. The van der Waals surface area contributed by atoms with Gasteiger partial charge in [-0.1, -0.05) is 182 Å². The Morgan fingerprint density at radius 3 is 1.29 bits per heavy atom. The molecule has 0 bridgehead atoms. The molecule has 1 atom stereocenters. The predicted octanol–water partition coefficient (Wildman–Crippen LogP) is 15.8. The third kappa shape index (κ3) is 5.94. The van der Waals surface area contributed by atoms with E-state index in [-0.39, 0.29) is 5.41 Å². The standard InChI is InChI=1S/C58H41N/c1-58(49-16-3-2-4-17-49)55-20-10-9-18-54(55)57-53(19-11-21-56(57)58)44-30-36-52(37-31-44)59(50-32-26-42(27-33-50)47-24-22-40-12-5-7-14-45(40)38-47)51-34-28-43(29-35-51)48-25-23-41-13-6-8-15-46(41)39-48/h2-39H,1H3. The average Bonchev–Trinajstić information content (AvgIpc) is 3.58. The van der Waals surface area contributed by atoms with Crippen molar-refractivity contribution in [1.82, 2.24) is 0 Å². The fourth-order valence-corrected chi connectivity index (χ4v) is 9.45. The number of nitrogens with zero attached hydrogens (tertiary/aromatic N) is 1. The topological polar surface area (TPSA) is 3.24 Å². The molecular formula is C58H41N. The van der Waals surface area contributed by atoms with Gasteiger partial charge >= 0.3 is 0 Å². The fraction of sp³-hybridized carbons (Fsp3) is 0.0345. The van der Waals surface area contributed by atoms with Crippen molar-refractivity contribution in [3.8, 4) is 44.5 Å². The first kappa shape index (κ1) is 34.7. The zero-order chi connectivity index (χ0) is 39.3. The number of fused-ring (bicyclic) bond motifs is 5. The van der Waals surface area contributed by atoms with Crippen molar-refractivity contribution in [3.05, 3.63) is 247 Å². The molecule has 0 heterocycles. The highest BCUT2D eigenvalue weighted by Gasteiger charge is 2.41. The maximum atomic E-state index is 2.38. The predicted molar refractivity (Wildman–Crippen MR) is 250 cm³/mol. The van der Waals surface area contributed by atoms with Crippen molar-refractivity contribution in [2.45, 2.75) is 12.3 Å². The monoisotopic (exact) mass is 751 g/mol. The molecule has 0 fully saturated rings. The lowest BCUT2D eigenvalue weighted by Crippen LogP contribution is -2.22. The van der Waals surface area contributed by atoms with Gasteiger partial charge in [-0.05, 0) is 138 Å². The van der Waals surface area contributed by atoms with Crippen molar-refractivity contribution < 1.29 is 0 Å². The Hall–Kier alpha value is -7.48. The molecule has 0 saturated heterocycles. The molecule has 10 aromatic carbocycles. The van der Waals surface area contributed by atoms with Crippen LogP contribution in [-0.2, 0) is 5.41 Å². The highest BCUT2D eigenvalue weighted by molar-refractivity contribution is 5.95. The minimum Gasteiger partial charge on any atom is -0.311 e. The molecule has 0 aromatic heterocycles. The molecule has 0 aliphatic heterocycles. The summed E-state index contributed by atoms with van der Waals surface area (Å²) in [6.45, 7) is 2.38. The first-order chi connectivity index (χ1) is 29.1. The van der Waals surface area contributed by atoms with Gasteiger partial charge in [0.1, 0.15) is 0 Å². The molecule has 0 saturated carbocycles. The van der Waals surface area contributed by atoms with Gasteiger partial charge in [-0.25, -0.2) is 0 Å². The van der Waals surface area contributed by atoms with Crippen LogP contribution in [0.3, 0.4) is 0 Å². The molecule has 10 aromatic rings. The molecule has 11 rings (SSSR count). The Morgan fingerprint density at radius 1 is 0.305 bits per heavy atom. The molecule has 1 unspecified atom stereocenters. The van der Waals surface area contributed by atoms with Crippen LogP contribution >= 0.6 is 0 Å². The molecule has 0 spiro atoms. The summed E-state index contributed by atoms with van der Waals surface area (Å²) in [6, 6.07) is 84.5. The first-order valence-electron chi connectivity index (χ1n) is 20.5. The van der Waals surface area contributed by atoms with Crippen LogP contribution in [0.4, 0.5) is 17.1 Å². The smallest absolute Gasteiger partial charge is 0.0462 e. The Kier molecular flexibility index (Phi) is 8.34. The summed E-state index contributed by atoms with van der Waals surface area (Å²) in [6.07, 6.45) is 0. The number of hydrogen-bond acceptors (Lipinski definition) is 1. The van der Waals surface area contributed by atoms with E-state index in [0.717, 1.165) is 17.1 Å². The van der Waals surface area contributed by atoms with Gasteiger partial charge in [-0.15, -0.1) is 0 Å². The maximum Gasteiger partial charge on any atom is 0.0462 e. The van der Waals surface area contributed by atoms with Crippen molar-refractivity contribution in [2.75, 3.05) is 4.90 Å². The molecule has 0 radical (unpaired) electrons. The van der Waals surface area contributed by atoms with E-state index in [0.29, 0.717) is 0 Å². The molecule has 59 heavy (non-hydrogen) atoms. The number of anilines is 3. The summed E-state index contributed by atoms with van der Waals surface area (Å²) < 4.78 is 0. The quantitative estimate of drug-likeness (QED) is 0.157. The van der Waals surface area contributed by atoms with E-state index in [1.54, 1.807) is 0 Å². The van der Waals surface area contributed by atoms with Crippen molar-refractivity contribution >= 4 is 38.6 Å². The Balaban J connectivity index is 0.990. The van der Waals surface area contributed by atoms with Gasteiger partial charge in [0.25, 0.3) is 0 Å². The lowest BCUT2D eigenvalue weighted by atomic mass is 9.74. The maximum absolute atomic E-state index is 2.38. The zero-order valence-corrected chi connectivity index (χ0v) is 32.9. The van der Waals surface area contributed by atoms with Gasteiger partial charge in [0, 0.05) is 22.5 Å². The SMILES string of the molecule is CC1(c2ccccc2)c2ccccc2-c2c(-c3ccc(N(c4ccc(-c5ccc6ccccc6c5)cc4)c4ccc(-c5ccc6ccccc6c5)cc4)cc3)cccc21. The van der Waals surface area contributed by atoms with E-state index in [1.807, 2.05) is 0 Å². The summed E-state index contributed by atoms with van der Waals surface area (Å²) >= 11 is 0. The van der Waals surface area contributed by atoms with E-state index >= 15 is 0 Å². The van der Waals surface area contributed by atoms with Crippen LogP contribution in [-0.4, -0.2) is 0 Å². The third-order valence-corrected chi connectivity index (χ3v) is 12.5. The lowest BCUT2D eigenvalue weighted by molar-refractivity contribution is 0.714. The largest absolute Gasteiger partial charge is 0.311 e. The normalized spacial score (nSPS) is 14.3. The van der Waals surface area contributed by atoms with E-state index < -0.39 is 0 Å². The van der Waals surface area contributed by atoms with Crippen molar-refractivity contribution in [1.29, 1.82) is 0 Å². The second kappa shape index (κ2) is 14.2. The first-order valence-corrected chi connectivity index (χ1v) is 20.5. The lowest BCUT2D eigenvalue weighted by Gasteiger charge is -2.28. The van der Waals surface area contributed by atoms with Crippen molar-refractivity contribution in [3.63, 3.8) is 0 Å². The average molecular weight is 752 g/mol.